The number of benzene rings is 1. The maximum absolute atomic E-state index is 12.9. The molecule has 0 radical (unpaired) electrons. The summed E-state index contributed by atoms with van der Waals surface area (Å²) in [4.78, 5) is 18.2. The minimum absolute atomic E-state index is 0.286. The first-order valence-electron chi connectivity index (χ1n) is 8.73. The number of amides is 1. The second-order valence-electron chi connectivity index (χ2n) is 7.71. The number of anilines is 1. The fraction of sp³-hybridized carbons (Fsp3) is 0.474. The van der Waals surface area contributed by atoms with Crippen molar-refractivity contribution in [2.45, 2.75) is 45.0 Å². The topological polar surface area (TPSA) is 54.5 Å². The molecule has 8 heteroatoms. The Labute approximate surface area is 155 Å². The van der Waals surface area contributed by atoms with Crippen LogP contribution in [-0.2, 0) is 10.9 Å². The van der Waals surface area contributed by atoms with Gasteiger partial charge in [0, 0.05) is 23.9 Å². The fourth-order valence-electron chi connectivity index (χ4n) is 2.98. The average Bonchev–Trinajstić information content (AvgIpc) is 2.99. The third-order valence-corrected chi connectivity index (χ3v) is 4.22. The molecule has 3 rings (SSSR count). The number of alkyl halides is 3. The van der Waals surface area contributed by atoms with E-state index in [1.807, 2.05) is 25.7 Å². The number of halogens is 3. The number of alkyl carbamates (subject to hydrolysis) is 1. The zero-order valence-electron chi connectivity index (χ0n) is 15.4. The van der Waals surface area contributed by atoms with E-state index in [2.05, 4.69) is 10.3 Å². The molecule has 1 atom stereocenters. The number of nitrogens with zero attached hydrogens (tertiary/aromatic N) is 2. The SMILES string of the molecule is CC(C)(C)NC(=O)O[C@@H]1CCN(c2ccc3ccc(C(F)(F)F)cc3n2)C1. The van der Waals surface area contributed by atoms with Crippen molar-refractivity contribution >= 4 is 22.8 Å². The molecule has 0 bridgehead atoms. The first kappa shape index (κ1) is 19.3. The Hall–Kier alpha value is -2.51. The Morgan fingerprint density at radius 2 is 1.93 bits per heavy atom. The summed E-state index contributed by atoms with van der Waals surface area (Å²) in [7, 11) is 0. The molecule has 1 aliphatic heterocycles. The summed E-state index contributed by atoms with van der Waals surface area (Å²) < 4.78 is 44.2. The molecule has 1 aromatic heterocycles. The van der Waals surface area contributed by atoms with E-state index < -0.39 is 17.8 Å². The molecule has 5 nitrogen and oxygen atoms in total. The lowest BCUT2D eigenvalue weighted by molar-refractivity contribution is -0.137. The number of nitrogens with one attached hydrogen (secondary N) is 1. The summed E-state index contributed by atoms with van der Waals surface area (Å²) in [6.07, 6.45) is -4.53. The lowest BCUT2D eigenvalue weighted by Gasteiger charge is -2.22. The Morgan fingerprint density at radius 3 is 2.59 bits per heavy atom. The van der Waals surface area contributed by atoms with Crippen LogP contribution in [0.3, 0.4) is 0 Å². The first-order valence-corrected chi connectivity index (χ1v) is 8.73. The molecule has 1 saturated heterocycles. The van der Waals surface area contributed by atoms with Crippen LogP contribution in [0.15, 0.2) is 30.3 Å². The highest BCUT2D eigenvalue weighted by atomic mass is 19.4. The summed E-state index contributed by atoms with van der Waals surface area (Å²) >= 11 is 0. The molecule has 0 saturated carbocycles. The van der Waals surface area contributed by atoms with Crippen LogP contribution in [0.25, 0.3) is 10.9 Å². The van der Waals surface area contributed by atoms with E-state index in [0.29, 0.717) is 30.7 Å². The lowest BCUT2D eigenvalue weighted by Crippen LogP contribution is -2.42. The number of hydrogen-bond acceptors (Lipinski definition) is 4. The van der Waals surface area contributed by atoms with Crippen molar-refractivity contribution in [2.75, 3.05) is 18.0 Å². The molecule has 1 fully saturated rings. The monoisotopic (exact) mass is 381 g/mol. The van der Waals surface area contributed by atoms with Gasteiger partial charge in [-0.3, -0.25) is 0 Å². The molecular weight excluding hydrogens is 359 g/mol. The van der Waals surface area contributed by atoms with Crippen molar-refractivity contribution in [3.8, 4) is 0 Å². The third kappa shape index (κ3) is 4.81. The van der Waals surface area contributed by atoms with E-state index in [4.69, 9.17) is 4.74 Å². The first-order chi connectivity index (χ1) is 12.5. The molecule has 0 aliphatic carbocycles. The highest BCUT2D eigenvalue weighted by Crippen LogP contribution is 2.32. The summed E-state index contributed by atoms with van der Waals surface area (Å²) in [5.74, 6) is 0.573. The van der Waals surface area contributed by atoms with Crippen LogP contribution in [0.5, 0.6) is 0 Å². The molecule has 2 heterocycles. The van der Waals surface area contributed by atoms with E-state index in [0.717, 1.165) is 12.1 Å². The van der Waals surface area contributed by atoms with Crippen LogP contribution >= 0.6 is 0 Å². The van der Waals surface area contributed by atoms with Crippen LogP contribution in [0.4, 0.5) is 23.8 Å². The molecule has 0 unspecified atom stereocenters. The van der Waals surface area contributed by atoms with Gasteiger partial charge in [0.15, 0.2) is 0 Å². The quantitative estimate of drug-likeness (QED) is 0.840. The fourth-order valence-corrected chi connectivity index (χ4v) is 2.98. The predicted molar refractivity (Wildman–Crippen MR) is 96.7 cm³/mol. The second kappa shape index (κ2) is 6.90. The van der Waals surface area contributed by atoms with Crippen molar-refractivity contribution in [1.29, 1.82) is 0 Å². The van der Waals surface area contributed by atoms with E-state index >= 15 is 0 Å². The number of pyridine rings is 1. The summed E-state index contributed by atoms with van der Waals surface area (Å²) in [5.41, 5.74) is -0.816. The summed E-state index contributed by atoms with van der Waals surface area (Å²) in [6, 6.07) is 7.05. The van der Waals surface area contributed by atoms with Gasteiger partial charge < -0.3 is 15.0 Å². The van der Waals surface area contributed by atoms with Gasteiger partial charge in [0.25, 0.3) is 0 Å². The van der Waals surface area contributed by atoms with E-state index in [-0.39, 0.29) is 17.2 Å². The Balaban J connectivity index is 1.71. The zero-order valence-corrected chi connectivity index (χ0v) is 15.4. The minimum atomic E-state index is -4.40. The number of carbonyl (C=O) groups excluding carboxylic acids is 1. The number of hydrogen-bond donors (Lipinski definition) is 1. The van der Waals surface area contributed by atoms with Gasteiger partial charge in [0.2, 0.25) is 0 Å². The second-order valence-corrected chi connectivity index (χ2v) is 7.71. The van der Waals surface area contributed by atoms with Crippen molar-refractivity contribution in [1.82, 2.24) is 10.3 Å². The summed E-state index contributed by atoms with van der Waals surface area (Å²) in [5, 5.41) is 3.39. The number of rotatable bonds is 2. The van der Waals surface area contributed by atoms with Crippen molar-refractivity contribution in [3.63, 3.8) is 0 Å². The van der Waals surface area contributed by atoms with E-state index in [1.54, 1.807) is 12.1 Å². The standard InChI is InChI=1S/C19H22F3N3O2/c1-18(2,3)24-17(26)27-14-8-9-25(11-14)16-7-5-12-4-6-13(19(20,21)22)10-15(12)23-16/h4-7,10,14H,8-9,11H2,1-3H3,(H,24,26)/t14-/m1/s1. The predicted octanol–water partition coefficient (Wildman–Crippen LogP) is 4.36. The maximum Gasteiger partial charge on any atom is 0.416 e. The van der Waals surface area contributed by atoms with E-state index in [1.165, 1.54) is 6.07 Å². The van der Waals surface area contributed by atoms with Crippen molar-refractivity contribution in [2.24, 2.45) is 0 Å². The third-order valence-electron chi connectivity index (χ3n) is 4.22. The minimum Gasteiger partial charge on any atom is -0.444 e. The van der Waals surface area contributed by atoms with Gasteiger partial charge in [0.05, 0.1) is 17.6 Å². The van der Waals surface area contributed by atoms with Crippen molar-refractivity contribution in [3.05, 3.63) is 35.9 Å². The molecule has 146 valence electrons. The lowest BCUT2D eigenvalue weighted by atomic mass is 10.1. The highest BCUT2D eigenvalue weighted by molar-refractivity contribution is 5.81. The molecule has 27 heavy (non-hydrogen) atoms. The van der Waals surface area contributed by atoms with Crippen LogP contribution in [-0.4, -0.2) is 35.8 Å². The van der Waals surface area contributed by atoms with E-state index in [9.17, 15) is 18.0 Å². The van der Waals surface area contributed by atoms with Gasteiger partial charge in [0.1, 0.15) is 11.9 Å². The molecule has 1 N–H and O–H groups in total. The normalized spacial score (nSPS) is 18.0. The van der Waals surface area contributed by atoms with Gasteiger partial charge in [-0.2, -0.15) is 13.2 Å². The van der Waals surface area contributed by atoms with Crippen LogP contribution in [0.1, 0.15) is 32.8 Å². The molecule has 2 aromatic rings. The van der Waals surface area contributed by atoms with Gasteiger partial charge >= 0.3 is 12.3 Å². The number of carbonyl (C=O) groups is 1. The Bertz CT molecular complexity index is 846. The van der Waals surface area contributed by atoms with Gasteiger partial charge in [-0.25, -0.2) is 9.78 Å². The van der Waals surface area contributed by atoms with Crippen LogP contribution in [0.2, 0.25) is 0 Å². The Morgan fingerprint density at radius 1 is 1.22 bits per heavy atom. The number of ether oxygens (including phenoxy) is 1. The smallest absolute Gasteiger partial charge is 0.416 e. The maximum atomic E-state index is 12.9. The number of fused-ring (bicyclic) bond motifs is 1. The number of aromatic nitrogens is 1. The van der Waals surface area contributed by atoms with Crippen LogP contribution in [0, 0.1) is 0 Å². The summed E-state index contributed by atoms with van der Waals surface area (Å²) in [6.45, 7) is 6.66. The molecule has 1 aliphatic rings. The van der Waals surface area contributed by atoms with Gasteiger partial charge in [-0.05, 0) is 45.0 Å². The average molecular weight is 381 g/mol. The van der Waals surface area contributed by atoms with Gasteiger partial charge in [-0.1, -0.05) is 6.07 Å². The van der Waals surface area contributed by atoms with Crippen molar-refractivity contribution < 1.29 is 22.7 Å². The largest absolute Gasteiger partial charge is 0.444 e. The Kier molecular flexibility index (Phi) is 4.92. The van der Waals surface area contributed by atoms with Gasteiger partial charge in [-0.15, -0.1) is 0 Å². The molecular formula is C19H22F3N3O2. The molecule has 1 aromatic carbocycles. The molecule has 1 amide bonds. The van der Waals surface area contributed by atoms with Crippen LogP contribution < -0.4 is 10.2 Å². The molecule has 0 spiro atoms. The zero-order chi connectivity index (χ0) is 19.8. The highest BCUT2D eigenvalue weighted by Gasteiger charge is 2.31.